The Morgan fingerprint density at radius 2 is 1.81 bits per heavy atom. The van der Waals surface area contributed by atoms with Gasteiger partial charge >= 0.3 is 6.09 Å². The summed E-state index contributed by atoms with van der Waals surface area (Å²) in [4.78, 5) is 40.8. The van der Waals surface area contributed by atoms with Crippen molar-refractivity contribution in [3.63, 3.8) is 0 Å². The third kappa shape index (κ3) is 7.22. The maximum atomic E-state index is 12.5. The highest BCUT2D eigenvalue weighted by Gasteiger charge is 2.39. The van der Waals surface area contributed by atoms with Gasteiger partial charge in [0.05, 0.1) is 0 Å². The highest BCUT2D eigenvalue weighted by atomic mass is 16.6. The second-order valence-electron chi connectivity index (χ2n) is 9.81. The number of hydrogen-bond donors (Lipinski definition) is 2. The molecule has 1 saturated heterocycles. The Morgan fingerprint density at radius 1 is 1.12 bits per heavy atom. The molecule has 0 bridgehead atoms. The second-order valence-corrected chi connectivity index (χ2v) is 9.81. The van der Waals surface area contributed by atoms with Crippen molar-refractivity contribution in [3.05, 3.63) is 29.8 Å². The van der Waals surface area contributed by atoms with Crippen molar-refractivity contribution in [2.45, 2.75) is 46.1 Å². The number of benzene rings is 1. The molecule has 1 aromatic rings. The smallest absolute Gasteiger partial charge is 0.410 e. The zero-order valence-electron chi connectivity index (χ0n) is 19.6. The summed E-state index contributed by atoms with van der Waals surface area (Å²) in [5.41, 5.74) is 0.718. The quantitative estimate of drug-likeness (QED) is 0.631. The number of ether oxygens (including phenoxy) is 1. The van der Waals surface area contributed by atoms with E-state index in [2.05, 4.69) is 22.5 Å². The van der Waals surface area contributed by atoms with Gasteiger partial charge in [0.2, 0.25) is 5.91 Å². The molecule has 0 aromatic heterocycles. The van der Waals surface area contributed by atoms with Gasteiger partial charge in [-0.25, -0.2) is 4.79 Å². The first-order chi connectivity index (χ1) is 15.1. The van der Waals surface area contributed by atoms with Gasteiger partial charge in [-0.3, -0.25) is 14.5 Å². The number of nitrogens with zero attached hydrogens (tertiary/aromatic N) is 2. The molecule has 2 fully saturated rings. The van der Waals surface area contributed by atoms with E-state index in [1.165, 1.54) is 0 Å². The lowest BCUT2D eigenvalue weighted by Crippen LogP contribution is -2.50. The van der Waals surface area contributed by atoms with Gasteiger partial charge in [-0.05, 0) is 64.3 Å². The molecule has 2 N–H and O–H groups in total. The van der Waals surface area contributed by atoms with Crippen LogP contribution >= 0.6 is 0 Å². The van der Waals surface area contributed by atoms with Crippen LogP contribution in [0.5, 0.6) is 0 Å². The van der Waals surface area contributed by atoms with E-state index in [4.69, 9.17) is 4.74 Å². The SMILES string of the molecule is CC1CC1C(=O)Nc1cccc(C(=O)NCCCN2CCN(C(=O)OC(C)(C)C)CC2)c1. The minimum atomic E-state index is -0.479. The first-order valence-electron chi connectivity index (χ1n) is 11.5. The van der Waals surface area contributed by atoms with Gasteiger partial charge in [-0.15, -0.1) is 0 Å². The van der Waals surface area contributed by atoms with Gasteiger partial charge in [-0.2, -0.15) is 0 Å². The maximum Gasteiger partial charge on any atom is 0.410 e. The largest absolute Gasteiger partial charge is 0.444 e. The summed E-state index contributed by atoms with van der Waals surface area (Å²) >= 11 is 0. The summed E-state index contributed by atoms with van der Waals surface area (Å²) in [5, 5.41) is 5.85. The van der Waals surface area contributed by atoms with Crippen LogP contribution in [0.2, 0.25) is 0 Å². The Hall–Kier alpha value is -2.61. The van der Waals surface area contributed by atoms with Gasteiger partial charge in [0.15, 0.2) is 0 Å². The molecule has 2 atom stereocenters. The Bertz CT molecular complexity index is 828. The van der Waals surface area contributed by atoms with Crippen LogP contribution in [0.1, 0.15) is 50.9 Å². The zero-order valence-corrected chi connectivity index (χ0v) is 19.6. The van der Waals surface area contributed by atoms with Gasteiger partial charge in [-0.1, -0.05) is 13.0 Å². The normalized spacial score (nSPS) is 21.1. The van der Waals surface area contributed by atoms with E-state index >= 15 is 0 Å². The minimum absolute atomic E-state index is 0.0295. The van der Waals surface area contributed by atoms with Crippen molar-refractivity contribution in [3.8, 4) is 0 Å². The molecular formula is C24H36N4O4. The van der Waals surface area contributed by atoms with Gasteiger partial charge in [0.25, 0.3) is 5.91 Å². The summed E-state index contributed by atoms with van der Waals surface area (Å²) in [6.07, 6.45) is 1.51. The van der Waals surface area contributed by atoms with Crippen LogP contribution in [0.3, 0.4) is 0 Å². The molecule has 8 heteroatoms. The lowest BCUT2D eigenvalue weighted by Gasteiger charge is -2.35. The maximum absolute atomic E-state index is 12.5. The molecule has 2 unspecified atom stereocenters. The third-order valence-corrected chi connectivity index (χ3v) is 5.80. The van der Waals surface area contributed by atoms with E-state index in [-0.39, 0.29) is 23.8 Å². The van der Waals surface area contributed by atoms with E-state index < -0.39 is 5.60 Å². The van der Waals surface area contributed by atoms with E-state index in [1.807, 2.05) is 20.8 Å². The topological polar surface area (TPSA) is 91.0 Å². The summed E-state index contributed by atoms with van der Waals surface area (Å²) in [6.45, 7) is 12.0. The molecule has 8 nitrogen and oxygen atoms in total. The minimum Gasteiger partial charge on any atom is -0.444 e. The molecule has 2 aliphatic rings. The monoisotopic (exact) mass is 444 g/mol. The molecule has 32 heavy (non-hydrogen) atoms. The van der Waals surface area contributed by atoms with E-state index in [0.717, 1.165) is 32.5 Å². The molecule has 1 saturated carbocycles. The van der Waals surface area contributed by atoms with E-state index in [1.54, 1.807) is 29.2 Å². The summed E-state index contributed by atoms with van der Waals surface area (Å²) < 4.78 is 5.43. The van der Waals surface area contributed by atoms with Crippen LogP contribution in [0.15, 0.2) is 24.3 Å². The molecular weight excluding hydrogens is 408 g/mol. The molecule has 1 aliphatic carbocycles. The molecule has 0 spiro atoms. The predicted molar refractivity (Wildman–Crippen MR) is 124 cm³/mol. The summed E-state index contributed by atoms with van der Waals surface area (Å²) in [7, 11) is 0. The number of anilines is 1. The lowest BCUT2D eigenvalue weighted by molar-refractivity contribution is -0.117. The third-order valence-electron chi connectivity index (χ3n) is 5.80. The number of carbonyl (C=O) groups is 3. The average molecular weight is 445 g/mol. The van der Waals surface area contributed by atoms with Crippen LogP contribution in [0, 0.1) is 11.8 Å². The van der Waals surface area contributed by atoms with E-state index in [0.29, 0.717) is 36.8 Å². The van der Waals surface area contributed by atoms with Crippen LogP contribution in [-0.2, 0) is 9.53 Å². The lowest BCUT2D eigenvalue weighted by atomic mass is 10.1. The fraction of sp³-hybridized carbons (Fsp3) is 0.625. The van der Waals surface area contributed by atoms with Crippen molar-refractivity contribution < 1.29 is 19.1 Å². The number of nitrogens with one attached hydrogen (secondary N) is 2. The van der Waals surface area contributed by atoms with Crippen LogP contribution in [0.4, 0.5) is 10.5 Å². The number of rotatable bonds is 7. The standard InChI is InChI=1S/C24H36N4O4/c1-17-15-20(17)22(30)26-19-8-5-7-18(16-19)21(29)25-9-6-10-27-11-13-28(14-12-27)23(31)32-24(2,3)4/h5,7-8,16-17,20H,6,9-15H2,1-4H3,(H,25,29)(H,26,30). The van der Waals surface area contributed by atoms with Crippen molar-refractivity contribution in [1.82, 2.24) is 15.1 Å². The number of hydrogen-bond acceptors (Lipinski definition) is 5. The molecule has 1 aliphatic heterocycles. The second kappa shape index (κ2) is 10.3. The summed E-state index contributed by atoms with van der Waals surface area (Å²) in [6, 6.07) is 7.06. The Labute approximate surface area is 190 Å². The van der Waals surface area contributed by atoms with Gasteiger partial charge in [0.1, 0.15) is 5.60 Å². The first kappa shape index (κ1) is 24.0. The number of piperazine rings is 1. The highest BCUT2D eigenvalue weighted by Crippen LogP contribution is 2.38. The van der Waals surface area contributed by atoms with Crippen LogP contribution < -0.4 is 10.6 Å². The molecule has 1 heterocycles. The zero-order chi connectivity index (χ0) is 23.3. The van der Waals surface area contributed by atoms with Gasteiger partial charge < -0.3 is 20.3 Å². The fourth-order valence-electron chi connectivity index (χ4n) is 3.75. The predicted octanol–water partition coefficient (Wildman–Crippen LogP) is 2.95. The average Bonchev–Trinajstić information content (AvgIpc) is 3.47. The van der Waals surface area contributed by atoms with Crippen molar-refractivity contribution in [2.75, 3.05) is 44.6 Å². The molecule has 1 aromatic carbocycles. The van der Waals surface area contributed by atoms with Crippen LogP contribution in [0.25, 0.3) is 0 Å². The van der Waals surface area contributed by atoms with Crippen molar-refractivity contribution in [1.29, 1.82) is 0 Å². The van der Waals surface area contributed by atoms with Crippen molar-refractivity contribution in [2.24, 2.45) is 11.8 Å². The van der Waals surface area contributed by atoms with Crippen LogP contribution in [-0.4, -0.2) is 72.6 Å². The first-order valence-corrected chi connectivity index (χ1v) is 11.5. The molecule has 176 valence electrons. The molecule has 3 amide bonds. The highest BCUT2D eigenvalue weighted by molar-refractivity contribution is 5.98. The fourth-order valence-corrected chi connectivity index (χ4v) is 3.75. The molecule has 0 radical (unpaired) electrons. The van der Waals surface area contributed by atoms with Gasteiger partial charge in [0, 0.05) is 49.9 Å². The number of amides is 3. The molecule has 3 rings (SSSR count). The summed E-state index contributed by atoms with van der Waals surface area (Å²) in [5.74, 6) is 0.428. The van der Waals surface area contributed by atoms with E-state index in [9.17, 15) is 14.4 Å². The Morgan fingerprint density at radius 3 is 2.44 bits per heavy atom. The Kier molecular flexibility index (Phi) is 7.77. The number of carbonyl (C=O) groups excluding carboxylic acids is 3. The Balaban J connectivity index is 1.34. The van der Waals surface area contributed by atoms with Crippen molar-refractivity contribution >= 4 is 23.6 Å².